The van der Waals surface area contributed by atoms with Gasteiger partial charge in [-0.15, -0.1) is 0 Å². The van der Waals surface area contributed by atoms with Crippen LogP contribution in [-0.2, 0) is 4.74 Å². The molecular weight excluding hydrogens is 268 g/mol. The molecule has 0 fully saturated rings. The number of methoxy groups -OCH3 is 1. The van der Waals surface area contributed by atoms with Gasteiger partial charge < -0.3 is 10.1 Å². The first-order valence-electron chi connectivity index (χ1n) is 4.44. The predicted molar refractivity (Wildman–Crippen MR) is 59.0 cm³/mol. The molecule has 0 saturated carbocycles. The van der Waals surface area contributed by atoms with Gasteiger partial charge in [-0.3, -0.25) is 0 Å². The van der Waals surface area contributed by atoms with E-state index >= 15 is 0 Å². The summed E-state index contributed by atoms with van der Waals surface area (Å²) >= 11 is 2.91. The summed E-state index contributed by atoms with van der Waals surface area (Å²) in [5.41, 5.74) is 0.139. The average molecular weight is 280 g/mol. The van der Waals surface area contributed by atoms with Crippen molar-refractivity contribution in [2.45, 2.75) is 13.0 Å². The lowest BCUT2D eigenvalue weighted by molar-refractivity contribution is 0.190. The van der Waals surface area contributed by atoms with E-state index in [-0.39, 0.29) is 16.2 Å². The SMILES string of the molecule is COCC(C)Nc1cc(F)c(Br)cc1F. The van der Waals surface area contributed by atoms with Crippen LogP contribution in [-0.4, -0.2) is 19.8 Å². The maximum atomic E-state index is 13.3. The van der Waals surface area contributed by atoms with Gasteiger partial charge in [0.25, 0.3) is 0 Å². The highest BCUT2D eigenvalue weighted by Crippen LogP contribution is 2.23. The van der Waals surface area contributed by atoms with E-state index < -0.39 is 11.6 Å². The standard InChI is InChI=1S/C10H12BrF2NO/c1-6(5-15-2)14-10-4-8(12)7(11)3-9(10)13/h3-4,6,14H,5H2,1-2H3. The summed E-state index contributed by atoms with van der Waals surface area (Å²) in [6.45, 7) is 2.25. The zero-order valence-electron chi connectivity index (χ0n) is 8.48. The molecule has 1 aromatic rings. The molecule has 0 radical (unpaired) electrons. The van der Waals surface area contributed by atoms with Crippen LogP contribution in [0.15, 0.2) is 16.6 Å². The molecule has 0 aliphatic rings. The molecule has 1 unspecified atom stereocenters. The van der Waals surface area contributed by atoms with E-state index in [1.165, 1.54) is 0 Å². The van der Waals surface area contributed by atoms with Crippen molar-refractivity contribution in [2.75, 3.05) is 19.0 Å². The first kappa shape index (κ1) is 12.4. The topological polar surface area (TPSA) is 21.3 Å². The minimum absolute atomic E-state index is 0.0786. The van der Waals surface area contributed by atoms with Gasteiger partial charge in [-0.25, -0.2) is 8.78 Å². The summed E-state index contributed by atoms with van der Waals surface area (Å²) in [6, 6.07) is 2.13. The maximum absolute atomic E-state index is 13.3. The van der Waals surface area contributed by atoms with Crippen molar-refractivity contribution >= 4 is 21.6 Å². The van der Waals surface area contributed by atoms with Crippen LogP contribution >= 0.6 is 15.9 Å². The van der Waals surface area contributed by atoms with E-state index in [2.05, 4.69) is 21.2 Å². The van der Waals surface area contributed by atoms with Crippen LogP contribution in [0.25, 0.3) is 0 Å². The van der Waals surface area contributed by atoms with E-state index in [4.69, 9.17) is 4.74 Å². The van der Waals surface area contributed by atoms with E-state index in [9.17, 15) is 8.78 Å². The third-order valence-electron chi connectivity index (χ3n) is 1.83. The average Bonchev–Trinajstić information content (AvgIpc) is 2.14. The van der Waals surface area contributed by atoms with Gasteiger partial charge >= 0.3 is 0 Å². The van der Waals surface area contributed by atoms with Gasteiger partial charge in [0, 0.05) is 19.2 Å². The Balaban J connectivity index is 2.81. The third-order valence-corrected chi connectivity index (χ3v) is 2.44. The molecule has 0 heterocycles. The molecule has 0 amide bonds. The molecule has 1 atom stereocenters. The lowest BCUT2D eigenvalue weighted by atomic mass is 10.2. The van der Waals surface area contributed by atoms with E-state index in [0.29, 0.717) is 6.61 Å². The van der Waals surface area contributed by atoms with Crippen molar-refractivity contribution in [3.63, 3.8) is 0 Å². The summed E-state index contributed by atoms with van der Waals surface area (Å²) in [6.07, 6.45) is 0. The number of halogens is 3. The van der Waals surface area contributed by atoms with Crippen molar-refractivity contribution in [2.24, 2.45) is 0 Å². The molecular formula is C10H12BrF2NO. The summed E-state index contributed by atoms with van der Waals surface area (Å²) in [4.78, 5) is 0. The van der Waals surface area contributed by atoms with Gasteiger partial charge in [-0.1, -0.05) is 0 Å². The molecule has 1 N–H and O–H groups in total. The Bertz CT molecular complexity index is 346. The highest BCUT2D eigenvalue weighted by atomic mass is 79.9. The smallest absolute Gasteiger partial charge is 0.147 e. The van der Waals surface area contributed by atoms with Crippen molar-refractivity contribution in [1.29, 1.82) is 0 Å². The van der Waals surface area contributed by atoms with Gasteiger partial charge in [-0.05, 0) is 28.9 Å². The lowest BCUT2D eigenvalue weighted by Gasteiger charge is -2.15. The Morgan fingerprint density at radius 2 is 2.07 bits per heavy atom. The molecule has 1 aromatic carbocycles. The molecule has 1 rings (SSSR count). The zero-order chi connectivity index (χ0) is 11.4. The lowest BCUT2D eigenvalue weighted by Crippen LogP contribution is -2.21. The fourth-order valence-electron chi connectivity index (χ4n) is 1.19. The molecule has 0 spiro atoms. The molecule has 15 heavy (non-hydrogen) atoms. The Labute approximate surface area is 95.8 Å². The van der Waals surface area contributed by atoms with Crippen LogP contribution < -0.4 is 5.32 Å². The highest BCUT2D eigenvalue weighted by Gasteiger charge is 2.10. The number of hydrogen-bond acceptors (Lipinski definition) is 2. The summed E-state index contributed by atoms with van der Waals surface area (Å²) in [5.74, 6) is -0.991. The monoisotopic (exact) mass is 279 g/mol. The first-order valence-corrected chi connectivity index (χ1v) is 5.24. The number of nitrogens with one attached hydrogen (secondary N) is 1. The normalized spacial score (nSPS) is 12.6. The highest BCUT2D eigenvalue weighted by molar-refractivity contribution is 9.10. The molecule has 0 aliphatic heterocycles. The van der Waals surface area contributed by atoms with Gasteiger partial charge in [0.1, 0.15) is 11.6 Å². The quantitative estimate of drug-likeness (QED) is 0.855. The van der Waals surface area contributed by atoms with Crippen molar-refractivity contribution in [3.05, 3.63) is 28.2 Å². The molecule has 84 valence electrons. The second-order valence-corrected chi connectivity index (χ2v) is 4.10. The van der Waals surface area contributed by atoms with Crippen LogP contribution in [0.5, 0.6) is 0 Å². The zero-order valence-corrected chi connectivity index (χ0v) is 10.1. The molecule has 2 nitrogen and oxygen atoms in total. The van der Waals surface area contributed by atoms with Crippen molar-refractivity contribution in [3.8, 4) is 0 Å². The van der Waals surface area contributed by atoms with Gasteiger partial charge in [0.05, 0.1) is 16.8 Å². The van der Waals surface area contributed by atoms with Crippen LogP contribution in [0.3, 0.4) is 0 Å². The molecule has 0 bridgehead atoms. The van der Waals surface area contributed by atoms with Crippen LogP contribution in [0.2, 0.25) is 0 Å². The second-order valence-electron chi connectivity index (χ2n) is 3.25. The van der Waals surface area contributed by atoms with E-state index in [1.54, 1.807) is 7.11 Å². The maximum Gasteiger partial charge on any atom is 0.147 e. The molecule has 5 heteroatoms. The van der Waals surface area contributed by atoms with Crippen molar-refractivity contribution < 1.29 is 13.5 Å². The predicted octanol–water partition coefficient (Wildman–Crippen LogP) is 3.17. The largest absolute Gasteiger partial charge is 0.383 e. The fourth-order valence-corrected chi connectivity index (χ4v) is 1.51. The number of benzene rings is 1. The van der Waals surface area contributed by atoms with Crippen LogP contribution in [0, 0.1) is 11.6 Å². The van der Waals surface area contributed by atoms with Crippen LogP contribution in [0.4, 0.5) is 14.5 Å². The van der Waals surface area contributed by atoms with E-state index in [0.717, 1.165) is 12.1 Å². The van der Waals surface area contributed by atoms with E-state index in [1.807, 2.05) is 6.92 Å². The number of hydrogen-bond donors (Lipinski definition) is 1. The summed E-state index contributed by atoms with van der Waals surface area (Å²) in [5, 5.41) is 2.82. The second kappa shape index (κ2) is 5.42. The number of rotatable bonds is 4. The third kappa shape index (κ3) is 3.43. The molecule has 0 aliphatic carbocycles. The van der Waals surface area contributed by atoms with Gasteiger partial charge in [0.15, 0.2) is 0 Å². The molecule has 0 aromatic heterocycles. The fraction of sp³-hybridized carbons (Fsp3) is 0.400. The minimum Gasteiger partial charge on any atom is -0.383 e. The Kier molecular flexibility index (Phi) is 4.47. The molecule has 0 saturated heterocycles. The Hall–Kier alpha value is -0.680. The number of ether oxygens (including phenoxy) is 1. The van der Waals surface area contributed by atoms with Crippen LogP contribution in [0.1, 0.15) is 6.92 Å². The van der Waals surface area contributed by atoms with Gasteiger partial charge in [-0.2, -0.15) is 0 Å². The summed E-state index contributed by atoms with van der Waals surface area (Å²) in [7, 11) is 1.55. The van der Waals surface area contributed by atoms with Gasteiger partial charge in [0.2, 0.25) is 0 Å². The number of anilines is 1. The Morgan fingerprint density at radius 3 is 2.67 bits per heavy atom. The first-order chi connectivity index (χ1) is 7.04. The minimum atomic E-state index is -0.497. The Morgan fingerprint density at radius 1 is 1.40 bits per heavy atom. The van der Waals surface area contributed by atoms with Crippen molar-refractivity contribution in [1.82, 2.24) is 0 Å². The summed E-state index contributed by atoms with van der Waals surface area (Å²) < 4.78 is 31.4.